The molecule has 1 aliphatic rings. The fourth-order valence-electron chi connectivity index (χ4n) is 2.84. The second kappa shape index (κ2) is 7.06. The molecule has 1 aromatic heterocycles. The summed E-state index contributed by atoms with van der Waals surface area (Å²) in [6.45, 7) is 9.29. The molecule has 2 rings (SSSR count). The largest absolute Gasteiger partial charge is 0.314 e. The fourth-order valence-corrected chi connectivity index (χ4v) is 2.84. The van der Waals surface area contributed by atoms with E-state index in [2.05, 4.69) is 35.2 Å². The highest BCUT2D eigenvalue weighted by molar-refractivity contribution is 5.00. The third-order valence-corrected chi connectivity index (χ3v) is 4.02. The van der Waals surface area contributed by atoms with Gasteiger partial charge in [-0.2, -0.15) is 5.10 Å². The lowest BCUT2D eigenvalue weighted by atomic mass is 9.97. The molecule has 2 heterocycles. The molecule has 108 valence electrons. The maximum absolute atomic E-state index is 4.23. The van der Waals surface area contributed by atoms with E-state index >= 15 is 0 Å². The average Bonchev–Trinajstić information content (AvgIpc) is 2.80. The first-order valence-electron chi connectivity index (χ1n) is 7.57. The first-order chi connectivity index (χ1) is 9.15. The summed E-state index contributed by atoms with van der Waals surface area (Å²) in [6.07, 6.45) is 5.72. The van der Waals surface area contributed by atoms with Gasteiger partial charge in [-0.1, -0.05) is 13.8 Å². The Labute approximate surface area is 117 Å². The van der Waals surface area contributed by atoms with Gasteiger partial charge in [0.1, 0.15) is 0 Å². The molecule has 1 aromatic rings. The fraction of sp³-hybridized carbons (Fsp3) is 0.800. The van der Waals surface area contributed by atoms with Crippen LogP contribution in [0.5, 0.6) is 0 Å². The molecule has 0 radical (unpaired) electrons. The molecule has 1 fully saturated rings. The van der Waals surface area contributed by atoms with E-state index < -0.39 is 0 Å². The van der Waals surface area contributed by atoms with E-state index in [0.717, 1.165) is 18.9 Å². The van der Waals surface area contributed by atoms with Crippen molar-refractivity contribution in [1.29, 1.82) is 0 Å². The van der Waals surface area contributed by atoms with Crippen molar-refractivity contribution >= 4 is 0 Å². The van der Waals surface area contributed by atoms with Crippen molar-refractivity contribution < 1.29 is 0 Å². The van der Waals surface area contributed by atoms with Gasteiger partial charge in [0.15, 0.2) is 0 Å². The summed E-state index contributed by atoms with van der Waals surface area (Å²) in [5.74, 6) is 0.822. The predicted octanol–water partition coefficient (Wildman–Crippen LogP) is 1.67. The molecule has 0 saturated carbocycles. The van der Waals surface area contributed by atoms with Crippen LogP contribution in [0.3, 0.4) is 0 Å². The van der Waals surface area contributed by atoms with Gasteiger partial charge in [-0.05, 0) is 37.9 Å². The molecule has 0 bridgehead atoms. The topological polar surface area (TPSA) is 33.1 Å². The highest BCUT2D eigenvalue weighted by Crippen LogP contribution is 2.16. The first-order valence-corrected chi connectivity index (χ1v) is 7.57. The molecule has 4 nitrogen and oxygen atoms in total. The third-order valence-electron chi connectivity index (χ3n) is 4.02. The Bertz CT molecular complexity index is 372. The Hall–Kier alpha value is -0.870. The first kappa shape index (κ1) is 14.5. The van der Waals surface area contributed by atoms with Crippen molar-refractivity contribution in [2.45, 2.75) is 39.2 Å². The Balaban J connectivity index is 1.73. The summed E-state index contributed by atoms with van der Waals surface area (Å²) < 4.78 is 1.99. The summed E-state index contributed by atoms with van der Waals surface area (Å²) in [5.41, 5.74) is 1.34. The maximum atomic E-state index is 4.23. The van der Waals surface area contributed by atoms with E-state index in [-0.39, 0.29) is 0 Å². The van der Waals surface area contributed by atoms with Crippen LogP contribution >= 0.6 is 0 Å². The van der Waals surface area contributed by atoms with E-state index in [4.69, 9.17) is 0 Å². The van der Waals surface area contributed by atoms with Gasteiger partial charge in [0.05, 0.1) is 0 Å². The second-order valence-electron chi connectivity index (χ2n) is 6.07. The van der Waals surface area contributed by atoms with Crippen LogP contribution in [0.4, 0.5) is 0 Å². The summed E-state index contributed by atoms with van der Waals surface area (Å²) in [5, 5.41) is 7.81. The number of rotatable bonds is 6. The van der Waals surface area contributed by atoms with Crippen LogP contribution in [0.25, 0.3) is 0 Å². The number of aromatic nitrogens is 2. The Kier molecular flexibility index (Phi) is 5.40. The number of aryl methyl sites for hydroxylation is 1. The van der Waals surface area contributed by atoms with Crippen LogP contribution in [0.2, 0.25) is 0 Å². The van der Waals surface area contributed by atoms with Crippen molar-refractivity contribution in [3.05, 3.63) is 18.0 Å². The molecule has 0 aliphatic carbocycles. The highest BCUT2D eigenvalue weighted by Gasteiger charge is 2.19. The summed E-state index contributed by atoms with van der Waals surface area (Å²) >= 11 is 0. The zero-order chi connectivity index (χ0) is 13.7. The molecule has 1 saturated heterocycles. The Morgan fingerprint density at radius 3 is 3.00 bits per heavy atom. The molecule has 1 aliphatic heterocycles. The highest BCUT2D eigenvalue weighted by atomic mass is 15.3. The standard InChI is InChI=1S/C15H28N4/c1-13(2)16-11-14-5-4-9-19(12-14)10-7-15-6-8-17-18(15)3/h6,8,13-14,16H,4-5,7,9-12H2,1-3H3. The number of nitrogens with one attached hydrogen (secondary N) is 1. The van der Waals surface area contributed by atoms with Crippen LogP contribution in [0.1, 0.15) is 32.4 Å². The van der Waals surface area contributed by atoms with Gasteiger partial charge in [0.2, 0.25) is 0 Å². The van der Waals surface area contributed by atoms with Crippen molar-refractivity contribution in [3.8, 4) is 0 Å². The van der Waals surface area contributed by atoms with Gasteiger partial charge >= 0.3 is 0 Å². The van der Waals surface area contributed by atoms with Crippen LogP contribution in [0.15, 0.2) is 12.3 Å². The third kappa shape index (κ3) is 4.62. The molecule has 1 N–H and O–H groups in total. The van der Waals surface area contributed by atoms with E-state index in [0.29, 0.717) is 6.04 Å². The van der Waals surface area contributed by atoms with E-state index in [1.54, 1.807) is 0 Å². The number of hydrogen-bond acceptors (Lipinski definition) is 3. The van der Waals surface area contributed by atoms with Crippen LogP contribution in [-0.2, 0) is 13.5 Å². The van der Waals surface area contributed by atoms with E-state index in [1.165, 1.54) is 38.2 Å². The quantitative estimate of drug-likeness (QED) is 0.848. The zero-order valence-electron chi connectivity index (χ0n) is 12.6. The van der Waals surface area contributed by atoms with Gasteiger partial charge in [0.25, 0.3) is 0 Å². The predicted molar refractivity (Wildman–Crippen MR) is 79.2 cm³/mol. The van der Waals surface area contributed by atoms with Crippen LogP contribution in [-0.4, -0.2) is 46.9 Å². The average molecular weight is 264 g/mol. The van der Waals surface area contributed by atoms with Crippen LogP contribution < -0.4 is 5.32 Å². The summed E-state index contributed by atoms with van der Waals surface area (Å²) in [7, 11) is 2.03. The lowest BCUT2D eigenvalue weighted by Crippen LogP contribution is -2.41. The SMILES string of the molecule is CC(C)NCC1CCCN(CCc2ccnn2C)C1. The van der Waals surface area contributed by atoms with E-state index in [9.17, 15) is 0 Å². The summed E-state index contributed by atoms with van der Waals surface area (Å²) in [4.78, 5) is 2.61. The minimum atomic E-state index is 0.602. The van der Waals surface area contributed by atoms with Crippen molar-refractivity contribution in [2.75, 3.05) is 26.2 Å². The second-order valence-corrected chi connectivity index (χ2v) is 6.07. The van der Waals surface area contributed by atoms with E-state index in [1.807, 2.05) is 17.9 Å². The maximum Gasteiger partial charge on any atom is 0.0492 e. The van der Waals surface area contributed by atoms with Crippen molar-refractivity contribution in [2.24, 2.45) is 13.0 Å². The number of nitrogens with zero attached hydrogens (tertiary/aromatic N) is 3. The van der Waals surface area contributed by atoms with Gasteiger partial charge < -0.3 is 10.2 Å². The number of hydrogen-bond donors (Lipinski definition) is 1. The zero-order valence-corrected chi connectivity index (χ0v) is 12.6. The number of piperidine rings is 1. The molecule has 0 spiro atoms. The van der Waals surface area contributed by atoms with Gasteiger partial charge in [-0.25, -0.2) is 0 Å². The van der Waals surface area contributed by atoms with Gasteiger partial charge in [-0.15, -0.1) is 0 Å². The molecular formula is C15H28N4. The molecule has 0 amide bonds. The lowest BCUT2D eigenvalue weighted by Gasteiger charge is -2.33. The summed E-state index contributed by atoms with van der Waals surface area (Å²) in [6, 6.07) is 2.73. The minimum absolute atomic E-state index is 0.602. The van der Waals surface area contributed by atoms with Crippen molar-refractivity contribution in [1.82, 2.24) is 20.0 Å². The smallest absolute Gasteiger partial charge is 0.0492 e. The monoisotopic (exact) mass is 264 g/mol. The molecule has 19 heavy (non-hydrogen) atoms. The van der Waals surface area contributed by atoms with Crippen LogP contribution in [0, 0.1) is 5.92 Å². The Morgan fingerprint density at radius 1 is 1.47 bits per heavy atom. The normalized spacial score (nSPS) is 21.2. The van der Waals surface area contributed by atoms with Gasteiger partial charge in [-0.3, -0.25) is 4.68 Å². The molecule has 4 heteroatoms. The molecule has 1 unspecified atom stereocenters. The minimum Gasteiger partial charge on any atom is -0.314 e. The lowest BCUT2D eigenvalue weighted by molar-refractivity contribution is 0.172. The molecule has 1 atom stereocenters. The number of likely N-dealkylation sites (tertiary alicyclic amines) is 1. The van der Waals surface area contributed by atoms with Crippen molar-refractivity contribution in [3.63, 3.8) is 0 Å². The molecule has 0 aromatic carbocycles. The van der Waals surface area contributed by atoms with Gasteiger partial charge in [0, 0.05) is 44.5 Å². The molecular weight excluding hydrogens is 236 g/mol. The Morgan fingerprint density at radius 2 is 2.32 bits per heavy atom.